The summed E-state index contributed by atoms with van der Waals surface area (Å²) in [7, 11) is 0. The highest BCUT2D eigenvalue weighted by Gasteiger charge is 2.05. The molecule has 0 aliphatic carbocycles. The van der Waals surface area contributed by atoms with E-state index in [1.165, 1.54) is 12.1 Å². The molecule has 0 heterocycles. The van der Waals surface area contributed by atoms with Crippen LogP contribution in [0.2, 0.25) is 0 Å². The SMILES string of the molecule is [CH2]c1cc([N+](=O)[O-])ccc1Br. The number of nitrogens with zero attached hydrogens (tertiary/aromatic N) is 1. The second-order valence-electron chi connectivity index (χ2n) is 2.03. The summed E-state index contributed by atoms with van der Waals surface area (Å²) in [5.41, 5.74) is 0.692. The number of hydrogen-bond acceptors (Lipinski definition) is 2. The van der Waals surface area contributed by atoms with E-state index in [2.05, 4.69) is 22.9 Å². The van der Waals surface area contributed by atoms with E-state index in [1.54, 1.807) is 6.07 Å². The van der Waals surface area contributed by atoms with Crippen LogP contribution in [0.25, 0.3) is 0 Å². The van der Waals surface area contributed by atoms with Crippen LogP contribution in [0.1, 0.15) is 5.56 Å². The molecule has 57 valence electrons. The van der Waals surface area contributed by atoms with Gasteiger partial charge < -0.3 is 0 Å². The van der Waals surface area contributed by atoms with E-state index in [4.69, 9.17) is 0 Å². The Hall–Kier alpha value is -0.900. The lowest BCUT2D eigenvalue weighted by molar-refractivity contribution is -0.384. The molecule has 0 amide bonds. The lowest BCUT2D eigenvalue weighted by Crippen LogP contribution is -1.88. The van der Waals surface area contributed by atoms with Gasteiger partial charge >= 0.3 is 0 Å². The predicted octanol–water partition coefficient (Wildman–Crippen LogP) is 2.54. The first kappa shape index (κ1) is 8.20. The fourth-order valence-corrected chi connectivity index (χ4v) is 0.921. The van der Waals surface area contributed by atoms with Gasteiger partial charge in [0.15, 0.2) is 0 Å². The Morgan fingerprint density at radius 2 is 2.18 bits per heavy atom. The summed E-state index contributed by atoms with van der Waals surface area (Å²) in [5, 5.41) is 10.2. The van der Waals surface area contributed by atoms with Gasteiger partial charge in [-0.1, -0.05) is 15.9 Å². The van der Waals surface area contributed by atoms with Gasteiger partial charge in [-0.15, -0.1) is 0 Å². The lowest BCUT2D eigenvalue weighted by Gasteiger charge is -1.95. The van der Waals surface area contributed by atoms with Gasteiger partial charge in [-0.2, -0.15) is 0 Å². The smallest absolute Gasteiger partial charge is 0.258 e. The number of non-ortho nitro benzene ring substituents is 1. The van der Waals surface area contributed by atoms with Crippen molar-refractivity contribution in [3.8, 4) is 0 Å². The quantitative estimate of drug-likeness (QED) is 0.533. The Balaban J connectivity index is 3.15. The van der Waals surface area contributed by atoms with Crippen LogP contribution < -0.4 is 0 Å². The van der Waals surface area contributed by atoms with Gasteiger partial charge in [0.1, 0.15) is 0 Å². The summed E-state index contributed by atoms with van der Waals surface area (Å²) in [4.78, 5) is 9.78. The first-order chi connectivity index (χ1) is 5.11. The molecule has 0 saturated carbocycles. The zero-order valence-corrected chi connectivity index (χ0v) is 7.17. The largest absolute Gasteiger partial charge is 0.269 e. The van der Waals surface area contributed by atoms with E-state index >= 15 is 0 Å². The number of rotatable bonds is 1. The fraction of sp³-hybridized carbons (Fsp3) is 0. The van der Waals surface area contributed by atoms with Gasteiger partial charge in [-0.25, -0.2) is 0 Å². The maximum absolute atomic E-state index is 10.2. The summed E-state index contributed by atoms with van der Waals surface area (Å²) < 4.78 is 0.781. The second-order valence-corrected chi connectivity index (χ2v) is 2.89. The minimum absolute atomic E-state index is 0.0678. The number of halogens is 1. The summed E-state index contributed by atoms with van der Waals surface area (Å²) in [6.07, 6.45) is 0. The van der Waals surface area contributed by atoms with Crippen molar-refractivity contribution in [3.63, 3.8) is 0 Å². The minimum Gasteiger partial charge on any atom is -0.258 e. The minimum atomic E-state index is -0.443. The summed E-state index contributed by atoms with van der Waals surface area (Å²) in [6.45, 7) is 3.61. The number of nitro benzene ring substituents is 1. The van der Waals surface area contributed by atoms with E-state index in [0.29, 0.717) is 5.56 Å². The van der Waals surface area contributed by atoms with Crippen LogP contribution in [-0.2, 0) is 0 Å². The molecule has 0 aliphatic heterocycles. The zero-order chi connectivity index (χ0) is 8.43. The van der Waals surface area contributed by atoms with Gasteiger partial charge in [0.05, 0.1) is 4.92 Å². The highest BCUT2D eigenvalue weighted by molar-refractivity contribution is 9.10. The Labute approximate surface area is 72.3 Å². The van der Waals surface area contributed by atoms with E-state index in [0.717, 1.165) is 4.47 Å². The van der Waals surface area contributed by atoms with Crippen LogP contribution in [0, 0.1) is 17.0 Å². The highest BCUT2D eigenvalue weighted by atomic mass is 79.9. The third-order valence-electron chi connectivity index (χ3n) is 1.24. The third-order valence-corrected chi connectivity index (χ3v) is 2.01. The third kappa shape index (κ3) is 1.77. The van der Waals surface area contributed by atoms with Gasteiger partial charge in [-0.3, -0.25) is 10.1 Å². The molecule has 0 N–H and O–H groups in total. The van der Waals surface area contributed by atoms with Crippen LogP contribution in [0.3, 0.4) is 0 Å². The molecule has 1 rings (SSSR count). The Morgan fingerprint density at radius 3 is 2.64 bits per heavy atom. The van der Waals surface area contributed by atoms with Crippen molar-refractivity contribution in [3.05, 3.63) is 45.3 Å². The molecule has 0 aromatic heterocycles. The predicted molar refractivity (Wildman–Crippen MR) is 45.3 cm³/mol. The fourth-order valence-electron chi connectivity index (χ4n) is 0.675. The van der Waals surface area contributed by atoms with Crippen molar-refractivity contribution in [1.82, 2.24) is 0 Å². The van der Waals surface area contributed by atoms with Crippen molar-refractivity contribution in [1.29, 1.82) is 0 Å². The standard InChI is InChI=1S/C7H5BrNO2/c1-5-4-6(9(10)11)2-3-7(5)8/h2-4H,1H2. The molecule has 0 spiro atoms. The molecule has 0 unspecified atom stereocenters. The number of benzene rings is 1. The molecule has 0 aliphatic rings. The molecule has 3 nitrogen and oxygen atoms in total. The van der Waals surface area contributed by atoms with Crippen molar-refractivity contribution in [2.24, 2.45) is 0 Å². The molecule has 1 radical (unpaired) electrons. The molecular weight excluding hydrogens is 210 g/mol. The average Bonchev–Trinajstić information content (AvgIpc) is 1.94. The first-order valence-electron chi connectivity index (χ1n) is 2.87. The van der Waals surface area contributed by atoms with Crippen molar-refractivity contribution in [2.45, 2.75) is 0 Å². The molecule has 0 bridgehead atoms. The van der Waals surface area contributed by atoms with Crippen molar-refractivity contribution in [2.75, 3.05) is 0 Å². The van der Waals surface area contributed by atoms with E-state index in [-0.39, 0.29) is 5.69 Å². The maximum atomic E-state index is 10.2. The molecule has 0 saturated heterocycles. The Bertz CT molecular complexity index is 298. The maximum Gasteiger partial charge on any atom is 0.269 e. The van der Waals surface area contributed by atoms with Crippen LogP contribution in [0.4, 0.5) is 5.69 Å². The van der Waals surface area contributed by atoms with Gasteiger partial charge in [0.25, 0.3) is 5.69 Å². The monoisotopic (exact) mass is 214 g/mol. The van der Waals surface area contributed by atoms with Crippen LogP contribution in [0.15, 0.2) is 22.7 Å². The molecule has 11 heavy (non-hydrogen) atoms. The Morgan fingerprint density at radius 1 is 1.55 bits per heavy atom. The van der Waals surface area contributed by atoms with Crippen LogP contribution >= 0.6 is 15.9 Å². The summed E-state index contributed by atoms with van der Waals surface area (Å²) >= 11 is 3.19. The molecule has 0 atom stereocenters. The van der Waals surface area contributed by atoms with E-state index in [9.17, 15) is 10.1 Å². The number of nitro groups is 1. The summed E-state index contributed by atoms with van der Waals surface area (Å²) in [6, 6.07) is 4.46. The molecular formula is C7H5BrNO2. The highest BCUT2D eigenvalue weighted by Crippen LogP contribution is 2.20. The van der Waals surface area contributed by atoms with E-state index < -0.39 is 4.92 Å². The van der Waals surface area contributed by atoms with Gasteiger partial charge in [0, 0.05) is 16.6 Å². The van der Waals surface area contributed by atoms with Crippen molar-refractivity contribution < 1.29 is 4.92 Å². The van der Waals surface area contributed by atoms with Crippen molar-refractivity contribution >= 4 is 21.6 Å². The second kappa shape index (κ2) is 3.00. The molecule has 1 aromatic rings. The zero-order valence-electron chi connectivity index (χ0n) is 5.58. The van der Waals surface area contributed by atoms with E-state index in [1.807, 2.05) is 0 Å². The van der Waals surface area contributed by atoms with Crippen LogP contribution in [-0.4, -0.2) is 4.92 Å². The average molecular weight is 215 g/mol. The molecule has 1 aromatic carbocycles. The van der Waals surface area contributed by atoms with Crippen LogP contribution in [0.5, 0.6) is 0 Å². The summed E-state index contributed by atoms with van der Waals surface area (Å²) in [5.74, 6) is 0. The van der Waals surface area contributed by atoms with Gasteiger partial charge in [0.2, 0.25) is 0 Å². The topological polar surface area (TPSA) is 43.1 Å². The lowest BCUT2D eigenvalue weighted by atomic mass is 10.2. The van der Waals surface area contributed by atoms with Gasteiger partial charge in [-0.05, 0) is 18.6 Å². The Kier molecular flexibility index (Phi) is 2.24. The normalized spacial score (nSPS) is 9.64. The molecule has 0 fully saturated rings. The first-order valence-corrected chi connectivity index (χ1v) is 3.66. The number of hydrogen-bond donors (Lipinski definition) is 0. The molecule has 4 heteroatoms.